The molecule has 110 valence electrons. The number of urea groups is 1. The largest absolute Gasteiger partial charge is 0.481 e. The summed E-state index contributed by atoms with van der Waals surface area (Å²) in [5, 5.41) is 11.7. The van der Waals surface area contributed by atoms with Gasteiger partial charge in [0.05, 0.1) is 0 Å². The van der Waals surface area contributed by atoms with Crippen LogP contribution in [0.25, 0.3) is 0 Å². The number of thioether (sulfide) groups is 1. The van der Waals surface area contributed by atoms with Crippen molar-refractivity contribution in [2.24, 2.45) is 5.92 Å². The highest BCUT2D eigenvalue weighted by atomic mass is 32.2. The first-order valence-electron chi connectivity index (χ1n) is 6.95. The fourth-order valence-corrected chi connectivity index (χ4v) is 2.93. The van der Waals surface area contributed by atoms with E-state index in [1.165, 1.54) is 0 Å². The number of hydrogen-bond donors (Lipinski definition) is 2. The normalized spacial score (nSPS) is 19.2. The summed E-state index contributed by atoms with van der Waals surface area (Å²) in [5.74, 6) is 1.51. The number of nitrogens with one attached hydrogen (secondary N) is 1. The van der Waals surface area contributed by atoms with E-state index in [9.17, 15) is 9.59 Å². The van der Waals surface area contributed by atoms with E-state index in [2.05, 4.69) is 12.2 Å². The number of carboxylic acid groups (broad SMARTS) is 1. The summed E-state index contributed by atoms with van der Waals surface area (Å²) in [5.41, 5.74) is 0. The molecule has 2 amide bonds. The van der Waals surface area contributed by atoms with Crippen LogP contribution in [0.2, 0.25) is 0 Å². The number of hydrogen-bond acceptors (Lipinski definition) is 3. The molecular formula is C13H24N2O3S. The first-order valence-corrected chi connectivity index (χ1v) is 8.11. The number of carboxylic acids is 1. The Morgan fingerprint density at radius 3 is 2.95 bits per heavy atom. The van der Waals surface area contributed by atoms with Crippen molar-refractivity contribution in [3.8, 4) is 0 Å². The number of piperidine rings is 1. The van der Waals surface area contributed by atoms with Crippen LogP contribution in [0.4, 0.5) is 4.79 Å². The van der Waals surface area contributed by atoms with Gasteiger partial charge in [0, 0.05) is 26.1 Å². The van der Waals surface area contributed by atoms with E-state index in [1.807, 2.05) is 11.8 Å². The lowest BCUT2D eigenvalue weighted by atomic mass is 9.95. The van der Waals surface area contributed by atoms with Gasteiger partial charge in [-0.25, -0.2) is 4.79 Å². The topological polar surface area (TPSA) is 69.6 Å². The van der Waals surface area contributed by atoms with E-state index >= 15 is 0 Å². The van der Waals surface area contributed by atoms with Crippen molar-refractivity contribution in [3.63, 3.8) is 0 Å². The standard InChI is InChI=1S/C13H24N2O3S/c1-2-19-8-4-6-14-13(18)15-7-3-5-11(10-15)9-12(16)17/h11H,2-10H2,1H3,(H,14,18)(H,16,17). The number of aliphatic carboxylic acids is 1. The maximum absolute atomic E-state index is 11.9. The highest BCUT2D eigenvalue weighted by Crippen LogP contribution is 2.19. The lowest BCUT2D eigenvalue weighted by Gasteiger charge is -2.32. The summed E-state index contributed by atoms with van der Waals surface area (Å²) in [7, 11) is 0. The van der Waals surface area contributed by atoms with Crippen LogP contribution in [-0.4, -0.2) is 53.1 Å². The van der Waals surface area contributed by atoms with Gasteiger partial charge in [0.2, 0.25) is 0 Å². The smallest absolute Gasteiger partial charge is 0.317 e. The fourth-order valence-electron chi connectivity index (χ4n) is 2.29. The van der Waals surface area contributed by atoms with Crippen LogP contribution >= 0.6 is 11.8 Å². The lowest BCUT2D eigenvalue weighted by molar-refractivity contribution is -0.138. The van der Waals surface area contributed by atoms with Crippen molar-refractivity contribution in [2.45, 2.75) is 32.6 Å². The molecule has 1 aliphatic heterocycles. The molecule has 5 nitrogen and oxygen atoms in total. The van der Waals surface area contributed by atoms with E-state index in [0.29, 0.717) is 13.1 Å². The molecule has 0 bridgehead atoms. The second-order valence-corrected chi connectivity index (χ2v) is 6.23. The molecule has 0 saturated carbocycles. The molecule has 0 aromatic heterocycles. The highest BCUT2D eigenvalue weighted by molar-refractivity contribution is 7.99. The molecule has 1 rings (SSSR count). The van der Waals surface area contributed by atoms with Gasteiger partial charge in [-0.1, -0.05) is 6.92 Å². The Balaban J connectivity index is 2.22. The third kappa shape index (κ3) is 6.71. The Morgan fingerprint density at radius 2 is 2.26 bits per heavy atom. The number of rotatable bonds is 7. The molecule has 0 aromatic rings. The molecule has 0 radical (unpaired) electrons. The van der Waals surface area contributed by atoms with Crippen LogP contribution < -0.4 is 5.32 Å². The lowest BCUT2D eigenvalue weighted by Crippen LogP contribution is -2.46. The molecule has 1 atom stereocenters. The Morgan fingerprint density at radius 1 is 1.47 bits per heavy atom. The zero-order valence-electron chi connectivity index (χ0n) is 11.6. The van der Waals surface area contributed by atoms with Crippen LogP contribution in [0.15, 0.2) is 0 Å². The maximum atomic E-state index is 11.9. The van der Waals surface area contributed by atoms with Gasteiger partial charge in [-0.15, -0.1) is 0 Å². The minimum atomic E-state index is -0.774. The van der Waals surface area contributed by atoms with Gasteiger partial charge in [-0.05, 0) is 36.7 Å². The Labute approximate surface area is 119 Å². The van der Waals surface area contributed by atoms with Crippen LogP contribution in [0.3, 0.4) is 0 Å². The predicted molar refractivity (Wildman–Crippen MR) is 77.6 cm³/mol. The van der Waals surface area contributed by atoms with Gasteiger partial charge in [0.15, 0.2) is 0 Å². The summed E-state index contributed by atoms with van der Waals surface area (Å²) >= 11 is 1.87. The number of likely N-dealkylation sites (tertiary alicyclic amines) is 1. The van der Waals surface area contributed by atoms with E-state index in [1.54, 1.807) is 4.90 Å². The Bertz CT molecular complexity index is 300. The second kappa shape index (κ2) is 9.07. The summed E-state index contributed by atoms with van der Waals surface area (Å²) in [4.78, 5) is 24.4. The van der Waals surface area contributed by atoms with Gasteiger partial charge in [0.1, 0.15) is 0 Å². The molecule has 6 heteroatoms. The average Bonchev–Trinajstić information content (AvgIpc) is 2.38. The summed E-state index contributed by atoms with van der Waals surface area (Å²) in [6.45, 7) is 4.14. The molecule has 0 spiro atoms. The fraction of sp³-hybridized carbons (Fsp3) is 0.846. The van der Waals surface area contributed by atoms with Crippen molar-refractivity contribution in [2.75, 3.05) is 31.1 Å². The molecule has 1 unspecified atom stereocenters. The third-order valence-corrected chi connectivity index (χ3v) is 4.20. The third-order valence-electron chi connectivity index (χ3n) is 3.22. The van der Waals surface area contributed by atoms with Crippen molar-refractivity contribution in [3.05, 3.63) is 0 Å². The van der Waals surface area contributed by atoms with Gasteiger partial charge in [0.25, 0.3) is 0 Å². The second-order valence-electron chi connectivity index (χ2n) is 4.83. The van der Waals surface area contributed by atoms with Gasteiger partial charge >= 0.3 is 12.0 Å². The van der Waals surface area contributed by atoms with Gasteiger partial charge in [-0.2, -0.15) is 11.8 Å². The first-order chi connectivity index (χ1) is 9.13. The van der Waals surface area contributed by atoms with Crippen molar-refractivity contribution in [1.29, 1.82) is 0 Å². The molecule has 1 fully saturated rings. The SMILES string of the molecule is CCSCCCNC(=O)N1CCCC(CC(=O)O)C1. The zero-order valence-corrected chi connectivity index (χ0v) is 12.4. The number of amides is 2. The average molecular weight is 288 g/mol. The number of nitrogens with zero attached hydrogens (tertiary/aromatic N) is 1. The molecule has 2 N–H and O–H groups in total. The number of carbonyl (C=O) groups is 2. The van der Waals surface area contributed by atoms with Crippen molar-refractivity contribution < 1.29 is 14.7 Å². The van der Waals surface area contributed by atoms with E-state index in [4.69, 9.17) is 5.11 Å². The zero-order chi connectivity index (χ0) is 14.1. The quantitative estimate of drug-likeness (QED) is 0.703. The van der Waals surface area contributed by atoms with Gasteiger partial charge < -0.3 is 15.3 Å². The van der Waals surface area contributed by atoms with Crippen LogP contribution in [0.1, 0.15) is 32.6 Å². The summed E-state index contributed by atoms with van der Waals surface area (Å²) in [6.07, 6.45) is 2.95. The monoisotopic (exact) mass is 288 g/mol. The van der Waals surface area contributed by atoms with E-state index in [0.717, 1.165) is 37.3 Å². The van der Waals surface area contributed by atoms with Crippen LogP contribution in [0, 0.1) is 5.92 Å². The molecule has 1 saturated heterocycles. The van der Waals surface area contributed by atoms with Crippen molar-refractivity contribution >= 4 is 23.8 Å². The summed E-state index contributed by atoms with van der Waals surface area (Å²) < 4.78 is 0. The molecule has 0 aliphatic carbocycles. The molecule has 1 heterocycles. The molecule has 1 aliphatic rings. The van der Waals surface area contributed by atoms with Crippen molar-refractivity contribution in [1.82, 2.24) is 10.2 Å². The highest BCUT2D eigenvalue weighted by Gasteiger charge is 2.24. The minimum absolute atomic E-state index is 0.0448. The van der Waals surface area contributed by atoms with Crippen LogP contribution in [-0.2, 0) is 4.79 Å². The molecular weight excluding hydrogens is 264 g/mol. The molecule has 19 heavy (non-hydrogen) atoms. The van der Waals surface area contributed by atoms with Crippen LogP contribution in [0.5, 0.6) is 0 Å². The maximum Gasteiger partial charge on any atom is 0.317 e. The van der Waals surface area contributed by atoms with Gasteiger partial charge in [-0.3, -0.25) is 4.79 Å². The number of carbonyl (C=O) groups excluding carboxylic acids is 1. The Hall–Kier alpha value is -0.910. The molecule has 0 aromatic carbocycles. The summed E-state index contributed by atoms with van der Waals surface area (Å²) in [6, 6.07) is -0.0448. The Kier molecular flexibility index (Phi) is 7.70. The van der Waals surface area contributed by atoms with E-state index in [-0.39, 0.29) is 18.4 Å². The van der Waals surface area contributed by atoms with E-state index < -0.39 is 5.97 Å². The predicted octanol–water partition coefficient (Wildman–Crippen LogP) is 2.03. The minimum Gasteiger partial charge on any atom is -0.481 e. The first kappa shape index (κ1) is 16.1.